The average molecular weight is 405 g/mol. The number of carbonyl (C=O) groups is 1. The molecule has 146 valence electrons. The number of nitrogens with zero attached hydrogens (tertiary/aromatic N) is 3. The molecule has 0 aliphatic heterocycles. The highest BCUT2D eigenvalue weighted by atomic mass is 32.1. The molecule has 29 heavy (non-hydrogen) atoms. The Morgan fingerprint density at radius 1 is 1.17 bits per heavy atom. The van der Waals surface area contributed by atoms with E-state index in [1.54, 1.807) is 6.20 Å². The summed E-state index contributed by atoms with van der Waals surface area (Å²) >= 11 is 1.54. The Kier molecular flexibility index (Phi) is 4.66. The summed E-state index contributed by atoms with van der Waals surface area (Å²) in [6.07, 6.45) is 5.60. The fourth-order valence-corrected chi connectivity index (χ4v) is 3.75. The van der Waals surface area contributed by atoms with E-state index in [0.29, 0.717) is 23.2 Å². The zero-order valence-corrected chi connectivity index (χ0v) is 16.3. The van der Waals surface area contributed by atoms with Crippen LogP contribution in [0.25, 0.3) is 10.2 Å². The lowest BCUT2D eigenvalue weighted by atomic mass is 10.2. The third kappa shape index (κ3) is 3.96. The predicted molar refractivity (Wildman–Crippen MR) is 114 cm³/mol. The summed E-state index contributed by atoms with van der Waals surface area (Å²) in [5.41, 5.74) is 2.82. The van der Waals surface area contributed by atoms with Crippen molar-refractivity contribution in [2.24, 2.45) is 0 Å². The molecule has 1 amide bonds. The molecule has 4 N–H and O–H groups in total. The van der Waals surface area contributed by atoms with Crippen LogP contribution in [0.3, 0.4) is 0 Å². The maximum absolute atomic E-state index is 12.7. The van der Waals surface area contributed by atoms with Crippen molar-refractivity contribution in [1.82, 2.24) is 25.5 Å². The number of anilines is 3. The first kappa shape index (κ1) is 17.8. The van der Waals surface area contributed by atoms with Crippen LogP contribution in [0, 0.1) is 0 Å². The molecule has 3 heterocycles. The molecule has 1 aliphatic carbocycles. The zero-order chi connectivity index (χ0) is 19.6. The predicted octanol–water partition coefficient (Wildman–Crippen LogP) is 3.66. The summed E-state index contributed by atoms with van der Waals surface area (Å²) in [7, 11) is 0. The lowest BCUT2D eigenvalue weighted by Gasteiger charge is -2.09. The van der Waals surface area contributed by atoms with Crippen molar-refractivity contribution in [2.75, 3.05) is 10.6 Å². The fourth-order valence-electron chi connectivity index (χ4n) is 3.02. The molecule has 0 atom stereocenters. The second kappa shape index (κ2) is 7.61. The first-order valence-corrected chi connectivity index (χ1v) is 10.3. The van der Waals surface area contributed by atoms with Gasteiger partial charge in [-0.2, -0.15) is 5.10 Å². The molecular formula is C20H19N7OS. The smallest absolute Gasteiger partial charge is 0.275 e. The third-order valence-corrected chi connectivity index (χ3v) is 5.59. The summed E-state index contributed by atoms with van der Waals surface area (Å²) in [6.45, 7) is 0.851. The summed E-state index contributed by atoms with van der Waals surface area (Å²) < 4.78 is 0. The lowest BCUT2D eigenvalue weighted by Crippen LogP contribution is -2.16. The standard InChI is InChI=1S/C20H19N7OS/c28-19(25-14-3-1-12(2-4-14)9-21-13-5-6-13)17-16(10-24-27-17)26-18-15-7-8-29-20(15)23-11-22-18/h1-4,7-8,10-11,13,21H,5-6,9H2,(H,24,27)(H,25,28)(H,22,23,26). The first-order valence-electron chi connectivity index (χ1n) is 9.38. The van der Waals surface area contributed by atoms with Gasteiger partial charge in [0.25, 0.3) is 5.91 Å². The van der Waals surface area contributed by atoms with Gasteiger partial charge in [-0.3, -0.25) is 9.89 Å². The number of thiophene rings is 1. The molecule has 1 fully saturated rings. The quantitative estimate of drug-likeness (QED) is 0.374. The molecule has 9 heteroatoms. The van der Waals surface area contributed by atoms with Crippen LogP contribution in [-0.2, 0) is 6.54 Å². The van der Waals surface area contributed by atoms with Crippen molar-refractivity contribution in [3.05, 3.63) is 59.5 Å². The second-order valence-electron chi connectivity index (χ2n) is 6.95. The minimum Gasteiger partial charge on any atom is -0.336 e. The molecule has 1 saturated carbocycles. The van der Waals surface area contributed by atoms with Crippen LogP contribution in [0.4, 0.5) is 17.2 Å². The summed E-state index contributed by atoms with van der Waals surface area (Å²) in [5.74, 6) is 0.365. The first-order chi connectivity index (χ1) is 14.3. The average Bonchev–Trinajstić information content (AvgIpc) is 3.23. The van der Waals surface area contributed by atoms with Gasteiger partial charge in [-0.25, -0.2) is 9.97 Å². The molecule has 0 unspecified atom stereocenters. The van der Waals surface area contributed by atoms with Crippen LogP contribution in [-0.4, -0.2) is 32.1 Å². The normalized spacial score (nSPS) is 13.5. The van der Waals surface area contributed by atoms with E-state index >= 15 is 0 Å². The van der Waals surface area contributed by atoms with Crippen LogP contribution < -0.4 is 16.0 Å². The molecular weight excluding hydrogens is 386 g/mol. The molecule has 0 bridgehead atoms. The number of H-pyrrole nitrogens is 1. The van der Waals surface area contributed by atoms with Gasteiger partial charge in [-0.05, 0) is 42.0 Å². The number of amides is 1. The molecule has 4 aromatic rings. The Labute approximate surface area is 170 Å². The Balaban J connectivity index is 1.28. The highest BCUT2D eigenvalue weighted by molar-refractivity contribution is 7.16. The van der Waals surface area contributed by atoms with Crippen LogP contribution in [0.2, 0.25) is 0 Å². The van der Waals surface area contributed by atoms with Gasteiger partial charge in [-0.15, -0.1) is 11.3 Å². The van der Waals surface area contributed by atoms with Gasteiger partial charge < -0.3 is 16.0 Å². The number of fused-ring (bicyclic) bond motifs is 1. The Hall–Kier alpha value is -3.30. The van der Waals surface area contributed by atoms with Crippen molar-refractivity contribution in [3.63, 3.8) is 0 Å². The third-order valence-electron chi connectivity index (χ3n) is 4.77. The summed E-state index contributed by atoms with van der Waals surface area (Å²) in [5, 5.41) is 19.2. The van der Waals surface area contributed by atoms with Gasteiger partial charge in [0.15, 0.2) is 0 Å². The molecule has 1 aliphatic rings. The van der Waals surface area contributed by atoms with Crippen molar-refractivity contribution >= 4 is 44.7 Å². The van der Waals surface area contributed by atoms with Gasteiger partial charge in [-0.1, -0.05) is 12.1 Å². The highest BCUT2D eigenvalue weighted by Gasteiger charge is 2.20. The Bertz CT molecular complexity index is 1150. The largest absolute Gasteiger partial charge is 0.336 e. The molecule has 5 rings (SSSR count). The topological polar surface area (TPSA) is 108 Å². The van der Waals surface area contributed by atoms with Crippen LogP contribution >= 0.6 is 11.3 Å². The lowest BCUT2D eigenvalue weighted by molar-refractivity contribution is 0.102. The van der Waals surface area contributed by atoms with Gasteiger partial charge in [0.1, 0.15) is 22.7 Å². The number of nitrogens with one attached hydrogen (secondary N) is 4. The number of carbonyl (C=O) groups excluding carboxylic acids is 1. The molecule has 3 aromatic heterocycles. The Morgan fingerprint density at radius 3 is 2.86 bits per heavy atom. The number of aromatic amines is 1. The number of hydrogen-bond acceptors (Lipinski definition) is 7. The fraction of sp³-hybridized carbons (Fsp3) is 0.200. The van der Waals surface area contributed by atoms with E-state index in [2.05, 4.69) is 36.1 Å². The number of rotatable bonds is 7. The van der Waals surface area contributed by atoms with Gasteiger partial charge in [0.05, 0.1) is 17.3 Å². The van der Waals surface area contributed by atoms with E-state index in [-0.39, 0.29) is 5.91 Å². The number of benzene rings is 1. The van der Waals surface area contributed by atoms with Crippen molar-refractivity contribution in [3.8, 4) is 0 Å². The molecule has 0 radical (unpaired) electrons. The van der Waals surface area contributed by atoms with Crippen molar-refractivity contribution in [1.29, 1.82) is 0 Å². The minimum absolute atomic E-state index is 0.274. The number of aromatic nitrogens is 4. The van der Waals surface area contributed by atoms with Crippen molar-refractivity contribution in [2.45, 2.75) is 25.4 Å². The van der Waals surface area contributed by atoms with Gasteiger partial charge in [0, 0.05) is 18.3 Å². The Morgan fingerprint density at radius 2 is 2.03 bits per heavy atom. The molecule has 0 spiro atoms. The van der Waals surface area contributed by atoms with E-state index in [1.165, 1.54) is 36.1 Å². The second-order valence-corrected chi connectivity index (χ2v) is 7.85. The van der Waals surface area contributed by atoms with Crippen LogP contribution in [0.15, 0.2) is 48.2 Å². The van der Waals surface area contributed by atoms with Gasteiger partial charge in [0.2, 0.25) is 0 Å². The minimum atomic E-state index is -0.274. The van der Waals surface area contributed by atoms with E-state index in [9.17, 15) is 4.79 Å². The summed E-state index contributed by atoms with van der Waals surface area (Å²) in [4.78, 5) is 22.2. The monoisotopic (exact) mass is 405 g/mol. The van der Waals surface area contributed by atoms with E-state index in [4.69, 9.17) is 0 Å². The molecule has 8 nitrogen and oxygen atoms in total. The zero-order valence-electron chi connectivity index (χ0n) is 15.5. The maximum Gasteiger partial charge on any atom is 0.275 e. The molecule has 1 aromatic carbocycles. The van der Waals surface area contributed by atoms with Crippen LogP contribution in [0.1, 0.15) is 28.9 Å². The highest BCUT2D eigenvalue weighted by Crippen LogP contribution is 2.27. The SMILES string of the molecule is O=C(Nc1ccc(CNC2CC2)cc1)c1[nH]ncc1Nc1ncnc2sccc12. The van der Waals surface area contributed by atoms with Crippen molar-refractivity contribution < 1.29 is 4.79 Å². The van der Waals surface area contributed by atoms with Gasteiger partial charge >= 0.3 is 0 Å². The number of hydrogen-bond donors (Lipinski definition) is 4. The summed E-state index contributed by atoms with van der Waals surface area (Å²) in [6, 6.07) is 10.5. The van der Waals surface area contributed by atoms with E-state index < -0.39 is 0 Å². The molecule has 0 saturated heterocycles. The van der Waals surface area contributed by atoms with E-state index in [0.717, 1.165) is 22.4 Å². The van der Waals surface area contributed by atoms with E-state index in [1.807, 2.05) is 35.7 Å². The maximum atomic E-state index is 12.7. The van der Waals surface area contributed by atoms with Crippen LogP contribution in [0.5, 0.6) is 0 Å².